The zero-order chi connectivity index (χ0) is 16.9. The van der Waals surface area contributed by atoms with E-state index in [4.69, 9.17) is 5.73 Å². The zero-order valence-corrected chi connectivity index (χ0v) is 15.0. The van der Waals surface area contributed by atoms with Crippen molar-refractivity contribution in [2.24, 2.45) is 5.73 Å². The van der Waals surface area contributed by atoms with Crippen LogP contribution >= 0.6 is 0 Å². The van der Waals surface area contributed by atoms with Crippen LogP contribution in [0.4, 0.5) is 0 Å². The van der Waals surface area contributed by atoms with E-state index in [2.05, 4.69) is 32.2 Å². The second kappa shape index (κ2) is 22.2. The second-order valence-corrected chi connectivity index (χ2v) is 5.80. The normalized spacial score (nSPS) is 10.4. The Morgan fingerprint density at radius 3 is 1.64 bits per heavy atom. The summed E-state index contributed by atoms with van der Waals surface area (Å²) in [4.78, 5) is 10.5. The van der Waals surface area contributed by atoms with Crippen molar-refractivity contribution in [3.8, 4) is 0 Å². The molecule has 0 rings (SSSR count). The molecule has 2 heteroatoms. The van der Waals surface area contributed by atoms with Crippen LogP contribution in [0.3, 0.4) is 0 Å². The maximum atomic E-state index is 10.5. The Labute approximate surface area is 139 Å². The summed E-state index contributed by atoms with van der Waals surface area (Å²) in [7, 11) is 0. The average Bonchev–Trinajstić information content (AvgIpc) is 2.53. The lowest BCUT2D eigenvalue weighted by atomic mass is 10.1. The topological polar surface area (TPSA) is 43.1 Å². The number of rotatable bonds is 15. The molecular formula is C20H39NO. The first-order valence-corrected chi connectivity index (χ1v) is 9.20. The fourth-order valence-corrected chi connectivity index (χ4v) is 2.37. The van der Waals surface area contributed by atoms with Gasteiger partial charge in [0.1, 0.15) is 0 Å². The molecule has 0 aliphatic heterocycles. The van der Waals surface area contributed by atoms with Crippen molar-refractivity contribution in [1.82, 2.24) is 0 Å². The molecular weight excluding hydrogens is 270 g/mol. The largest absolute Gasteiger partial charge is 0.370 e. The van der Waals surface area contributed by atoms with Crippen LogP contribution in [0.25, 0.3) is 0 Å². The van der Waals surface area contributed by atoms with Crippen LogP contribution in [0.5, 0.6) is 0 Å². The first-order valence-electron chi connectivity index (χ1n) is 9.20. The number of allylic oxidation sites excluding steroid dienone is 2. The van der Waals surface area contributed by atoms with Crippen LogP contribution in [-0.2, 0) is 4.79 Å². The molecule has 0 aromatic heterocycles. The van der Waals surface area contributed by atoms with Crippen molar-refractivity contribution in [3.63, 3.8) is 0 Å². The van der Waals surface area contributed by atoms with Crippen molar-refractivity contribution in [2.45, 2.75) is 96.8 Å². The maximum absolute atomic E-state index is 10.5. The van der Waals surface area contributed by atoms with E-state index in [0.717, 1.165) is 12.8 Å². The molecule has 0 heterocycles. The van der Waals surface area contributed by atoms with Gasteiger partial charge in [0.2, 0.25) is 5.91 Å². The van der Waals surface area contributed by atoms with Crippen LogP contribution in [0.1, 0.15) is 96.8 Å². The van der Waals surface area contributed by atoms with E-state index in [1.54, 1.807) is 0 Å². The van der Waals surface area contributed by atoms with Crippen molar-refractivity contribution in [3.05, 3.63) is 25.3 Å². The van der Waals surface area contributed by atoms with E-state index in [0.29, 0.717) is 6.42 Å². The molecule has 0 aliphatic rings. The summed E-state index contributed by atoms with van der Waals surface area (Å²) >= 11 is 0. The van der Waals surface area contributed by atoms with Crippen molar-refractivity contribution < 1.29 is 4.79 Å². The van der Waals surface area contributed by atoms with E-state index in [1.165, 1.54) is 70.6 Å². The fraction of sp³-hybridized carbons (Fsp3) is 0.750. The first-order chi connectivity index (χ1) is 10.8. The molecule has 0 radical (unpaired) electrons. The highest BCUT2D eigenvalue weighted by Gasteiger charge is 1.94. The minimum atomic E-state index is -0.164. The molecule has 0 aromatic rings. The van der Waals surface area contributed by atoms with Gasteiger partial charge in [-0.2, -0.15) is 0 Å². The third-order valence-corrected chi connectivity index (χ3v) is 3.68. The minimum Gasteiger partial charge on any atom is -0.370 e. The molecule has 0 saturated heterocycles. The number of primary amides is 1. The number of carbonyl (C=O) groups is 1. The lowest BCUT2D eigenvalue weighted by molar-refractivity contribution is -0.118. The van der Waals surface area contributed by atoms with E-state index < -0.39 is 0 Å². The van der Waals surface area contributed by atoms with Gasteiger partial charge in [0.05, 0.1) is 0 Å². The van der Waals surface area contributed by atoms with E-state index in [1.807, 2.05) is 0 Å². The quantitative estimate of drug-likeness (QED) is 0.279. The number of amides is 1. The Kier molecular flexibility index (Phi) is 23.5. The highest BCUT2D eigenvalue weighted by molar-refractivity contribution is 5.73. The third kappa shape index (κ3) is 24.0. The third-order valence-electron chi connectivity index (χ3n) is 3.68. The van der Waals surface area contributed by atoms with Gasteiger partial charge in [-0.25, -0.2) is 0 Å². The summed E-state index contributed by atoms with van der Waals surface area (Å²) < 4.78 is 0. The Morgan fingerprint density at radius 1 is 0.773 bits per heavy atom. The van der Waals surface area contributed by atoms with Crippen LogP contribution in [0, 0.1) is 0 Å². The molecule has 22 heavy (non-hydrogen) atoms. The molecule has 0 unspecified atom stereocenters. The Morgan fingerprint density at radius 2 is 1.18 bits per heavy atom. The van der Waals surface area contributed by atoms with Gasteiger partial charge in [-0.1, -0.05) is 70.4 Å². The summed E-state index contributed by atoms with van der Waals surface area (Å²) in [6, 6.07) is 0. The maximum Gasteiger partial charge on any atom is 0.217 e. The van der Waals surface area contributed by atoms with Gasteiger partial charge in [-0.05, 0) is 32.1 Å². The van der Waals surface area contributed by atoms with E-state index in [-0.39, 0.29) is 5.91 Å². The van der Waals surface area contributed by atoms with E-state index in [9.17, 15) is 4.79 Å². The Balaban J connectivity index is 0. The van der Waals surface area contributed by atoms with Crippen molar-refractivity contribution in [2.75, 3.05) is 0 Å². The Bertz CT molecular complexity index is 248. The predicted molar refractivity (Wildman–Crippen MR) is 99.9 cm³/mol. The molecule has 2 nitrogen and oxygen atoms in total. The summed E-state index contributed by atoms with van der Waals surface area (Å²) in [6.45, 7) is 8.26. The summed E-state index contributed by atoms with van der Waals surface area (Å²) in [6.07, 6.45) is 21.9. The van der Waals surface area contributed by atoms with Gasteiger partial charge in [0, 0.05) is 6.42 Å². The highest BCUT2D eigenvalue weighted by Crippen LogP contribution is 2.09. The Hall–Kier alpha value is -1.05. The van der Waals surface area contributed by atoms with Gasteiger partial charge >= 0.3 is 0 Å². The van der Waals surface area contributed by atoms with Gasteiger partial charge in [0.15, 0.2) is 0 Å². The monoisotopic (exact) mass is 309 g/mol. The second-order valence-electron chi connectivity index (χ2n) is 5.80. The predicted octanol–water partition coefficient (Wildman–Crippen LogP) is 6.31. The van der Waals surface area contributed by atoms with E-state index >= 15 is 0 Å². The SMILES string of the molecule is C=C.CCCCCCCCC=CCCCCCCCC(N)=O. The van der Waals surface area contributed by atoms with Crippen molar-refractivity contribution in [1.29, 1.82) is 0 Å². The molecule has 1 amide bonds. The minimum absolute atomic E-state index is 0.164. The molecule has 0 fully saturated rings. The summed E-state index contributed by atoms with van der Waals surface area (Å²) in [5.74, 6) is -0.164. The van der Waals surface area contributed by atoms with Crippen LogP contribution < -0.4 is 5.73 Å². The fourth-order valence-electron chi connectivity index (χ4n) is 2.37. The molecule has 2 N–H and O–H groups in total. The molecule has 0 bridgehead atoms. The van der Waals surface area contributed by atoms with Crippen molar-refractivity contribution >= 4 is 5.91 Å². The number of hydrogen-bond donors (Lipinski definition) is 1. The smallest absolute Gasteiger partial charge is 0.217 e. The van der Waals surface area contributed by atoms with Gasteiger partial charge < -0.3 is 5.73 Å². The van der Waals surface area contributed by atoms with Gasteiger partial charge in [0.25, 0.3) is 0 Å². The number of hydrogen-bond acceptors (Lipinski definition) is 1. The lowest BCUT2D eigenvalue weighted by Crippen LogP contribution is -2.09. The number of nitrogens with two attached hydrogens (primary N) is 1. The van der Waals surface area contributed by atoms with Gasteiger partial charge in [-0.3, -0.25) is 4.79 Å². The van der Waals surface area contributed by atoms with Crippen LogP contribution in [0.2, 0.25) is 0 Å². The summed E-state index contributed by atoms with van der Waals surface area (Å²) in [5, 5.41) is 0. The summed E-state index contributed by atoms with van der Waals surface area (Å²) in [5.41, 5.74) is 5.10. The molecule has 130 valence electrons. The molecule has 0 atom stereocenters. The highest BCUT2D eigenvalue weighted by atomic mass is 16.1. The first kappa shape index (κ1) is 23.2. The molecule has 0 aliphatic carbocycles. The standard InChI is InChI=1S/C18H35NO.C2H4/c1-2-3-4-5-6-7-8-9-10-11-12-13-14-15-16-17-18(19)20;1-2/h9-10H,2-8,11-17H2,1H3,(H2,19,20);1-2H2. The average molecular weight is 310 g/mol. The van der Waals surface area contributed by atoms with Crippen LogP contribution in [0.15, 0.2) is 25.3 Å². The lowest BCUT2D eigenvalue weighted by Gasteiger charge is -1.99. The van der Waals surface area contributed by atoms with Crippen LogP contribution in [-0.4, -0.2) is 5.91 Å². The van der Waals surface area contributed by atoms with Gasteiger partial charge in [-0.15, -0.1) is 13.2 Å². The number of carbonyl (C=O) groups excluding carboxylic acids is 1. The molecule has 0 aromatic carbocycles. The number of unbranched alkanes of at least 4 members (excludes halogenated alkanes) is 11. The zero-order valence-electron chi connectivity index (χ0n) is 15.0. The molecule has 0 spiro atoms. The molecule has 0 saturated carbocycles.